The summed E-state index contributed by atoms with van der Waals surface area (Å²) >= 11 is 0. The average molecular weight is 254 g/mol. The topological polar surface area (TPSA) is 42.4 Å². The van der Waals surface area contributed by atoms with E-state index in [1.165, 1.54) is 5.56 Å². The minimum atomic E-state index is -0.0724. The maximum absolute atomic E-state index is 11.6. The lowest BCUT2D eigenvalue weighted by Crippen LogP contribution is -2.36. The standard InChI is InChI=1S/C15H14N2O2/c1-17-14(18)10-19-13-8-7-12(16-15(13)17)9-11-5-3-2-4-6-11/h2-8H,9-10H2,1H3. The van der Waals surface area contributed by atoms with Crippen molar-refractivity contribution in [3.63, 3.8) is 0 Å². The van der Waals surface area contributed by atoms with Crippen molar-refractivity contribution in [3.8, 4) is 5.75 Å². The van der Waals surface area contributed by atoms with Gasteiger partial charge in [-0.3, -0.25) is 9.69 Å². The van der Waals surface area contributed by atoms with Crippen LogP contribution in [0.1, 0.15) is 11.3 Å². The first-order valence-corrected chi connectivity index (χ1v) is 6.17. The highest BCUT2D eigenvalue weighted by Gasteiger charge is 2.23. The van der Waals surface area contributed by atoms with E-state index < -0.39 is 0 Å². The molecule has 2 heterocycles. The second-order valence-electron chi connectivity index (χ2n) is 4.53. The molecule has 1 aromatic heterocycles. The summed E-state index contributed by atoms with van der Waals surface area (Å²) in [6.07, 6.45) is 0.746. The van der Waals surface area contributed by atoms with E-state index in [-0.39, 0.29) is 12.5 Å². The first kappa shape index (κ1) is 11.7. The SMILES string of the molecule is CN1C(=O)COc2ccc(Cc3ccccc3)nc21. The number of nitrogens with zero attached hydrogens (tertiary/aromatic N) is 2. The van der Waals surface area contributed by atoms with Crippen molar-refractivity contribution in [1.82, 2.24) is 4.98 Å². The molecule has 0 aliphatic carbocycles. The molecule has 0 bridgehead atoms. The van der Waals surface area contributed by atoms with Crippen molar-refractivity contribution in [2.24, 2.45) is 0 Å². The zero-order valence-electron chi connectivity index (χ0n) is 10.7. The Morgan fingerprint density at radius 1 is 1.21 bits per heavy atom. The van der Waals surface area contributed by atoms with Crippen LogP contribution in [-0.2, 0) is 11.2 Å². The van der Waals surface area contributed by atoms with Gasteiger partial charge in [0, 0.05) is 19.2 Å². The van der Waals surface area contributed by atoms with Gasteiger partial charge in [0.1, 0.15) is 0 Å². The molecule has 0 spiro atoms. The van der Waals surface area contributed by atoms with E-state index in [2.05, 4.69) is 17.1 Å². The Bertz CT molecular complexity index is 611. The van der Waals surface area contributed by atoms with Gasteiger partial charge in [-0.1, -0.05) is 30.3 Å². The molecule has 0 unspecified atom stereocenters. The molecule has 0 radical (unpaired) electrons. The monoisotopic (exact) mass is 254 g/mol. The van der Waals surface area contributed by atoms with Gasteiger partial charge in [-0.2, -0.15) is 0 Å². The van der Waals surface area contributed by atoms with Crippen LogP contribution in [-0.4, -0.2) is 24.5 Å². The van der Waals surface area contributed by atoms with Crippen molar-refractivity contribution in [2.45, 2.75) is 6.42 Å². The first-order valence-electron chi connectivity index (χ1n) is 6.17. The number of anilines is 1. The smallest absolute Gasteiger partial charge is 0.265 e. The third kappa shape index (κ3) is 2.29. The number of benzene rings is 1. The third-order valence-electron chi connectivity index (χ3n) is 3.17. The van der Waals surface area contributed by atoms with Crippen molar-refractivity contribution < 1.29 is 9.53 Å². The second kappa shape index (κ2) is 4.72. The van der Waals surface area contributed by atoms with Crippen LogP contribution in [0.5, 0.6) is 5.75 Å². The van der Waals surface area contributed by atoms with Crippen molar-refractivity contribution in [3.05, 3.63) is 53.7 Å². The zero-order chi connectivity index (χ0) is 13.2. The molecule has 0 N–H and O–H groups in total. The Labute approximate surface area is 111 Å². The lowest BCUT2D eigenvalue weighted by molar-refractivity contribution is -0.121. The molecule has 19 heavy (non-hydrogen) atoms. The number of hydrogen-bond acceptors (Lipinski definition) is 3. The first-order chi connectivity index (χ1) is 9.24. The van der Waals surface area contributed by atoms with Gasteiger partial charge in [-0.15, -0.1) is 0 Å². The van der Waals surface area contributed by atoms with Crippen LogP contribution in [0.25, 0.3) is 0 Å². The van der Waals surface area contributed by atoms with Crippen LogP contribution < -0.4 is 9.64 Å². The number of carbonyl (C=O) groups is 1. The number of rotatable bonds is 2. The van der Waals surface area contributed by atoms with E-state index in [9.17, 15) is 4.79 Å². The number of aromatic nitrogens is 1. The molecule has 2 aromatic rings. The Morgan fingerprint density at radius 3 is 2.79 bits per heavy atom. The highest BCUT2D eigenvalue weighted by Crippen LogP contribution is 2.29. The predicted octanol–water partition coefficient (Wildman–Crippen LogP) is 2.03. The van der Waals surface area contributed by atoms with Gasteiger partial charge >= 0.3 is 0 Å². The van der Waals surface area contributed by atoms with E-state index in [4.69, 9.17) is 4.74 Å². The summed E-state index contributed by atoms with van der Waals surface area (Å²) in [5, 5.41) is 0. The molecule has 96 valence electrons. The fraction of sp³-hybridized carbons (Fsp3) is 0.200. The van der Waals surface area contributed by atoms with Crippen LogP contribution in [0.3, 0.4) is 0 Å². The largest absolute Gasteiger partial charge is 0.480 e. The predicted molar refractivity (Wildman–Crippen MR) is 72.4 cm³/mol. The van der Waals surface area contributed by atoms with Gasteiger partial charge in [0.2, 0.25) is 0 Å². The van der Waals surface area contributed by atoms with Gasteiger partial charge in [-0.05, 0) is 17.7 Å². The summed E-state index contributed by atoms with van der Waals surface area (Å²) < 4.78 is 5.36. The summed E-state index contributed by atoms with van der Waals surface area (Å²) in [6.45, 7) is 0.0865. The summed E-state index contributed by atoms with van der Waals surface area (Å²) in [7, 11) is 1.73. The average Bonchev–Trinajstić information content (AvgIpc) is 2.45. The summed E-state index contributed by atoms with van der Waals surface area (Å²) in [5.74, 6) is 1.19. The van der Waals surface area contributed by atoms with Crippen molar-refractivity contribution >= 4 is 11.7 Å². The third-order valence-corrected chi connectivity index (χ3v) is 3.17. The number of ether oxygens (including phenoxy) is 1. The van der Waals surface area contributed by atoms with E-state index in [1.807, 2.05) is 30.3 Å². The molecule has 1 aliphatic rings. The van der Waals surface area contributed by atoms with Crippen LogP contribution in [0, 0.1) is 0 Å². The minimum absolute atomic E-state index is 0.0724. The molecule has 4 nitrogen and oxygen atoms in total. The minimum Gasteiger partial charge on any atom is -0.480 e. The number of hydrogen-bond donors (Lipinski definition) is 0. The summed E-state index contributed by atoms with van der Waals surface area (Å²) in [4.78, 5) is 17.7. The van der Waals surface area contributed by atoms with Gasteiger partial charge in [0.05, 0.1) is 0 Å². The van der Waals surface area contributed by atoms with Crippen LogP contribution in [0.15, 0.2) is 42.5 Å². The molecule has 0 fully saturated rings. The Kier molecular flexibility index (Phi) is 2.91. The van der Waals surface area contributed by atoms with Gasteiger partial charge < -0.3 is 4.74 Å². The number of carbonyl (C=O) groups excluding carboxylic acids is 1. The normalized spacial score (nSPS) is 13.9. The maximum atomic E-state index is 11.6. The number of likely N-dealkylation sites (N-methyl/N-ethyl adjacent to an activating group) is 1. The second-order valence-corrected chi connectivity index (χ2v) is 4.53. The lowest BCUT2D eigenvalue weighted by Gasteiger charge is -2.25. The Balaban J connectivity index is 1.91. The molecule has 0 saturated carbocycles. The van der Waals surface area contributed by atoms with Gasteiger partial charge in [-0.25, -0.2) is 4.98 Å². The van der Waals surface area contributed by atoms with Crippen LogP contribution >= 0.6 is 0 Å². The number of amides is 1. The zero-order valence-corrected chi connectivity index (χ0v) is 10.7. The fourth-order valence-electron chi connectivity index (χ4n) is 2.09. The Hall–Kier alpha value is -2.36. The van der Waals surface area contributed by atoms with Crippen molar-refractivity contribution in [2.75, 3.05) is 18.6 Å². The van der Waals surface area contributed by atoms with Gasteiger partial charge in [0.25, 0.3) is 5.91 Å². The molecule has 1 aromatic carbocycles. The number of pyridine rings is 1. The molecular formula is C15H14N2O2. The van der Waals surface area contributed by atoms with E-state index >= 15 is 0 Å². The molecule has 4 heteroatoms. The Morgan fingerprint density at radius 2 is 2.00 bits per heavy atom. The summed E-state index contributed by atoms with van der Waals surface area (Å²) in [6, 6.07) is 13.9. The molecule has 1 amide bonds. The molecular weight excluding hydrogens is 240 g/mol. The molecule has 0 atom stereocenters. The van der Waals surface area contributed by atoms with Crippen LogP contribution in [0.2, 0.25) is 0 Å². The van der Waals surface area contributed by atoms with Gasteiger partial charge in [0.15, 0.2) is 18.2 Å². The fourth-order valence-corrected chi connectivity index (χ4v) is 2.09. The quantitative estimate of drug-likeness (QED) is 0.823. The van der Waals surface area contributed by atoms with E-state index in [1.54, 1.807) is 11.9 Å². The highest BCUT2D eigenvalue weighted by atomic mass is 16.5. The van der Waals surface area contributed by atoms with Crippen molar-refractivity contribution in [1.29, 1.82) is 0 Å². The molecule has 1 aliphatic heterocycles. The lowest BCUT2D eigenvalue weighted by atomic mass is 10.1. The molecule has 3 rings (SSSR count). The number of fused-ring (bicyclic) bond motifs is 1. The summed E-state index contributed by atoms with van der Waals surface area (Å²) in [5.41, 5.74) is 2.12. The maximum Gasteiger partial charge on any atom is 0.265 e. The highest BCUT2D eigenvalue weighted by molar-refractivity contribution is 5.96. The van der Waals surface area contributed by atoms with E-state index in [0.717, 1.165) is 12.1 Å². The molecule has 0 saturated heterocycles. The van der Waals surface area contributed by atoms with Crippen LogP contribution in [0.4, 0.5) is 5.82 Å². The van der Waals surface area contributed by atoms with E-state index in [0.29, 0.717) is 11.6 Å².